The maximum absolute atomic E-state index is 14.3. The fourth-order valence-corrected chi connectivity index (χ4v) is 9.23. The number of rotatable bonds is 11. The van der Waals surface area contributed by atoms with Gasteiger partial charge in [-0.3, -0.25) is 9.59 Å². The Bertz CT molecular complexity index is 1790. The molecule has 6 heteroatoms. The molecule has 0 bridgehead atoms. The van der Waals surface area contributed by atoms with Gasteiger partial charge in [0.1, 0.15) is 5.78 Å². The predicted molar refractivity (Wildman–Crippen MR) is 200 cm³/mol. The van der Waals surface area contributed by atoms with Crippen molar-refractivity contribution in [2.24, 2.45) is 5.92 Å². The summed E-state index contributed by atoms with van der Waals surface area (Å²) < 4.78 is 0. The zero-order chi connectivity index (χ0) is 35.2. The third kappa shape index (κ3) is 6.49. The van der Waals surface area contributed by atoms with Crippen LogP contribution in [0.3, 0.4) is 0 Å². The van der Waals surface area contributed by atoms with Crippen LogP contribution in [-0.4, -0.2) is 61.1 Å². The van der Waals surface area contributed by atoms with Crippen LogP contribution in [-0.2, 0) is 27.8 Å². The number of nitrogens with one attached hydrogen (secondary N) is 1. The molecule has 0 spiro atoms. The second kappa shape index (κ2) is 13.5. The normalized spacial score (nSPS) is 18.6. The van der Waals surface area contributed by atoms with Crippen molar-refractivity contribution in [3.8, 4) is 0 Å². The van der Waals surface area contributed by atoms with Crippen molar-refractivity contribution >= 4 is 28.7 Å². The first-order valence-electron chi connectivity index (χ1n) is 18.5. The maximum atomic E-state index is 14.3. The van der Waals surface area contributed by atoms with Crippen LogP contribution in [0.4, 0.5) is 5.69 Å². The summed E-state index contributed by atoms with van der Waals surface area (Å²) in [5, 5.41) is 3.59. The Kier molecular flexibility index (Phi) is 9.67. The van der Waals surface area contributed by atoms with Crippen molar-refractivity contribution in [2.75, 3.05) is 38.1 Å². The first kappa shape index (κ1) is 35.1. The number of carbonyl (C=O) groups is 3. The Morgan fingerprint density at radius 3 is 2.49 bits per heavy atom. The molecule has 6 rings (SSSR count). The number of anilines is 1. The molecule has 2 aliphatic carbocycles. The highest BCUT2D eigenvalue weighted by Crippen LogP contribution is 2.55. The molecule has 0 fully saturated rings. The van der Waals surface area contributed by atoms with Crippen molar-refractivity contribution in [3.05, 3.63) is 92.6 Å². The predicted octanol–water partition coefficient (Wildman–Crippen LogP) is 7.77. The molecule has 49 heavy (non-hydrogen) atoms. The molecule has 0 saturated heterocycles. The number of carbonyl (C=O) groups excluding carboxylic acids is 3. The third-order valence-electron chi connectivity index (χ3n) is 11.3. The minimum atomic E-state index is -0.397. The fourth-order valence-electron chi connectivity index (χ4n) is 9.23. The number of Topliss-reactive ketones (excluding diaryl/α,β-unsaturated/α-hetero) is 1. The second-order valence-corrected chi connectivity index (χ2v) is 16.0. The molecule has 2 aromatic rings. The van der Waals surface area contributed by atoms with Gasteiger partial charge in [-0.2, -0.15) is 0 Å². The Morgan fingerprint density at radius 2 is 1.78 bits per heavy atom. The molecule has 4 aliphatic rings. The van der Waals surface area contributed by atoms with E-state index in [4.69, 9.17) is 0 Å². The van der Waals surface area contributed by atoms with Gasteiger partial charge in [0, 0.05) is 60.9 Å². The summed E-state index contributed by atoms with van der Waals surface area (Å²) in [6, 6.07) is 10.5. The highest BCUT2D eigenvalue weighted by atomic mass is 16.2. The van der Waals surface area contributed by atoms with Gasteiger partial charge in [0.2, 0.25) is 0 Å². The van der Waals surface area contributed by atoms with E-state index in [9.17, 15) is 14.4 Å². The lowest BCUT2D eigenvalue weighted by Crippen LogP contribution is -2.41. The van der Waals surface area contributed by atoms with Crippen LogP contribution in [0.2, 0.25) is 0 Å². The molecular formula is C43H55N3O3. The first-order valence-corrected chi connectivity index (χ1v) is 18.5. The molecule has 6 nitrogen and oxygen atoms in total. The van der Waals surface area contributed by atoms with Gasteiger partial charge < -0.3 is 19.9 Å². The van der Waals surface area contributed by atoms with Gasteiger partial charge in [-0.25, -0.2) is 0 Å². The van der Waals surface area contributed by atoms with E-state index >= 15 is 0 Å². The Balaban J connectivity index is 1.60. The molecule has 1 amide bonds. The largest absolute Gasteiger partial charge is 0.371 e. The second-order valence-electron chi connectivity index (χ2n) is 16.0. The van der Waals surface area contributed by atoms with Crippen LogP contribution in [0.15, 0.2) is 59.2 Å². The molecule has 1 atom stereocenters. The summed E-state index contributed by atoms with van der Waals surface area (Å²) in [7, 11) is 1.83. The minimum absolute atomic E-state index is 0.0418. The Labute approximate surface area is 293 Å². The zero-order valence-corrected chi connectivity index (χ0v) is 31.0. The van der Waals surface area contributed by atoms with Gasteiger partial charge in [-0.15, -0.1) is 0 Å². The van der Waals surface area contributed by atoms with E-state index in [1.807, 2.05) is 31.3 Å². The number of amides is 1. The molecule has 2 aliphatic heterocycles. The quantitative estimate of drug-likeness (QED) is 0.267. The lowest BCUT2D eigenvalue weighted by atomic mass is 9.60. The topological polar surface area (TPSA) is 69.7 Å². The number of aryl methyl sites for hydroxylation is 1. The minimum Gasteiger partial charge on any atom is -0.371 e. The number of benzene rings is 2. The highest BCUT2D eigenvalue weighted by Gasteiger charge is 2.44. The van der Waals surface area contributed by atoms with Crippen molar-refractivity contribution in [1.82, 2.24) is 10.2 Å². The molecule has 1 unspecified atom stereocenters. The zero-order valence-electron chi connectivity index (χ0n) is 31.0. The van der Waals surface area contributed by atoms with E-state index in [0.717, 1.165) is 79.6 Å². The number of fused-ring (bicyclic) bond motifs is 3. The Morgan fingerprint density at radius 1 is 1.06 bits per heavy atom. The summed E-state index contributed by atoms with van der Waals surface area (Å²) in [4.78, 5) is 44.4. The lowest BCUT2D eigenvalue weighted by molar-refractivity contribution is -0.117. The van der Waals surface area contributed by atoms with Crippen LogP contribution in [0.25, 0.3) is 5.57 Å². The number of ketones is 2. The third-order valence-corrected chi connectivity index (χ3v) is 11.3. The van der Waals surface area contributed by atoms with Gasteiger partial charge in [0.25, 0.3) is 5.91 Å². The van der Waals surface area contributed by atoms with E-state index in [1.165, 1.54) is 27.9 Å². The van der Waals surface area contributed by atoms with E-state index in [2.05, 4.69) is 70.0 Å². The van der Waals surface area contributed by atoms with Crippen molar-refractivity contribution in [1.29, 1.82) is 0 Å². The number of allylic oxidation sites excluding steroid dienone is 5. The van der Waals surface area contributed by atoms with Crippen molar-refractivity contribution < 1.29 is 14.4 Å². The van der Waals surface area contributed by atoms with Gasteiger partial charge in [-0.1, -0.05) is 45.9 Å². The van der Waals surface area contributed by atoms with Gasteiger partial charge >= 0.3 is 0 Å². The number of nitrogens with zero attached hydrogens (tertiary/aromatic N) is 2. The van der Waals surface area contributed by atoms with Crippen LogP contribution < -0.4 is 10.2 Å². The van der Waals surface area contributed by atoms with Crippen LogP contribution in [0, 0.1) is 5.92 Å². The Hall–Kier alpha value is -3.77. The SMILES string of the molecule is CCNC(C)(C)CC(C)C1=CC2=C(c3ccccc3C(=O)N(C)CCCC(C)=O)c3cc4c5c(c3C(C)(C)C2=CC1=O)CCCN5CCC4. The van der Waals surface area contributed by atoms with Crippen molar-refractivity contribution in [3.63, 3.8) is 0 Å². The van der Waals surface area contributed by atoms with E-state index in [0.29, 0.717) is 24.9 Å². The standard InChI is InChI=1S/C43H55N3O3/c1-9-44-42(4,5)26-27(2)33-24-34-36(25-37(33)48)43(6,7)39-32-19-14-22-46-21-13-16-29(40(32)46)23-35(39)38(34)30-17-10-11-18-31(30)41(49)45(8)20-12-15-28(3)47/h10-11,17-18,23-25,27,44H,9,12-16,19-22,26H2,1-8H3. The van der Waals surface area contributed by atoms with Crippen LogP contribution in [0.5, 0.6) is 0 Å². The smallest absolute Gasteiger partial charge is 0.254 e. The van der Waals surface area contributed by atoms with Crippen LogP contribution >= 0.6 is 0 Å². The molecule has 260 valence electrons. The van der Waals surface area contributed by atoms with Gasteiger partial charge in [0.05, 0.1) is 0 Å². The number of hydrogen-bond acceptors (Lipinski definition) is 5. The first-order chi connectivity index (χ1) is 23.2. The van der Waals surface area contributed by atoms with Crippen molar-refractivity contribution in [2.45, 2.75) is 104 Å². The van der Waals surface area contributed by atoms with E-state index < -0.39 is 5.41 Å². The lowest BCUT2D eigenvalue weighted by Gasteiger charge is -2.46. The maximum Gasteiger partial charge on any atom is 0.254 e. The molecule has 0 radical (unpaired) electrons. The summed E-state index contributed by atoms with van der Waals surface area (Å²) in [6.45, 7) is 18.5. The average Bonchev–Trinajstić information content (AvgIpc) is 3.04. The molecule has 2 aromatic carbocycles. The molecule has 0 aromatic heterocycles. The average molecular weight is 662 g/mol. The van der Waals surface area contributed by atoms with Gasteiger partial charge in [0.15, 0.2) is 5.78 Å². The molecule has 0 saturated carbocycles. The van der Waals surface area contributed by atoms with E-state index in [-0.39, 0.29) is 28.9 Å². The van der Waals surface area contributed by atoms with Gasteiger partial charge in [-0.05, 0) is 141 Å². The van der Waals surface area contributed by atoms with E-state index in [1.54, 1.807) is 11.8 Å². The molecule has 2 heterocycles. The molecule has 1 N–H and O–H groups in total. The number of hydrogen-bond donors (Lipinski definition) is 1. The van der Waals surface area contributed by atoms with Crippen LogP contribution in [0.1, 0.15) is 119 Å². The summed E-state index contributed by atoms with van der Waals surface area (Å²) in [6.07, 6.45) is 10.4. The summed E-state index contributed by atoms with van der Waals surface area (Å²) in [5.41, 5.74) is 11.8. The summed E-state index contributed by atoms with van der Waals surface area (Å²) in [5.74, 6) is 0.223. The monoisotopic (exact) mass is 661 g/mol. The summed E-state index contributed by atoms with van der Waals surface area (Å²) >= 11 is 0. The molecular weight excluding hydrogens is 606 g/mol. The fraction of sp³-hybridized carbons (Fsp3) is 0.512. The highest BCUT2D eigenvalue weighted by molar-refractivity contribution is 6.11.